The van der Waals surface area contributed by atoms with Crippen LogP contribution in [0, 0.1) is 12.8 Å². The first-order valence-corrected chi connectivity index (χ1v) is 8.81. The van der Waals surface area contributed by atoms with Crippen LogP contribution in [0.3, 0.4) is 0 Å². The van der Waals surface area contributed by atoms with Crippen molar-refractivity contribution < 1.29 is 0 Å². The first-order valence-electron chi connectivity index (χ1n) is 8.81. The van der Waals surface area contributed by atoms with Crippen LogP contribution in [0.5, 0.6) is 0 Å². The van der Waals surface area contributed by atoms with Crippen LogP contribution in [0.15, 0.2) is 24.5 Å². The SMILES string of the molecule is CCc1c[nH]cc(C(C)NCC2CCCCC2)ccc(C)n1. The fourth-order valence-electron chi connectivity index (χ4n) is 3.10. The van der Waals surface area contributed by atoms with E-state index in [0.29, 0.717) is 6.04 Å². The maximum Gasteiger partial charge on any atom is 0.0563 e. The zero-order valence-corrected chi connectivity index (χ0v) is 14.4. The van der Waals surface area contributed by atoms with Gasteiger partial charge in [-0.1, -0.05) is 32.3 Å². The lowest BCUT2D eigenvalue weighted by Gasteiger charge is -2.24. The van der Waals surface area contributed by atoms with Crippen molar-refractivity contribution in [2.24, 2.45) is 5.92 Å². The van der Waals surface area contributed by atoms with Crippen LogP contribution in [0.1, 0.15) is 68.9 Å². The van der Waals surface area contributed by atoms with Gasteiger partial charge in [0.2, 0.25) is 0 Å². The van der Waals surface area contributed by atoms with E-state index in [1.54, 1.807) is 0 Å². The van der Waals surface area contributed by atoms with Gasteiger partial charge in [0.25, 0.3) is 0 Å². The van der Waals surface area contributed by atoms with Gasteiger partial charge in [0.1, 0.15) is 0 Å². The Morgan fingerprint density at radius 1 is 1.23 bits per heavy atom. The topological polar surface area (TPSA) is 40.7 Å². The first kappa shape index (κ1) is 17.0. The molecule has 1 saturated carbocycles. The average molecular weight is 301 g/mol. The van der Waals surface area contributed by atoms with E-state index in [0.717, 1.165) is 30.3 Å². The van der Waals surface area contributed by atoms with Crippen molar-refractivity contribution in [1.82, 2.24) is 15.3 Å². The number of aryl methyl sites for hydroxylation is 2. The molecule has 1 fully saturated rings. The molecule has 0 aromatic carbocycles. The highest BCUT2D eigenvalue weighted by atomic mass is 14.9. The molecule has 2 N–H and O–H groups in total. The number of nitrogens with zero attached hydrogens (tertiary/aromatic N) is 1. The van der Waals surface area contributed by atoms with Crippen molar-refractivity contribution in [1.29, 1.82) is 0 Å². The van der Waals surface area contributed by atoms with E-state index in [4.69, 9.17) is 0 Å². The maximum atomic E-state index is 4.60. The molecular formula is C19H31N3. The van der Waals surface area contributed by atoms with Crippen molar-refractivity contribution in [2.45, 2.75) is 65.3 Å². The predicted octanol–water partition coefficient (Wildman–Crippen LogP) is 4.64. The lowest BCUT2D eigenvalue weighted by Crippen LogP contribution is -2.27. The van der Waals surface area contributed by atoms with Crippen LogP contribution in [0.4, 0.5) is 0 Å². The number of aromatic amines is 1. The van der Waals surface area contributed by atoms with Gasteiger partial charge >= 0.3 is 0 Å². The molecule has 3 nitrogen and oxygen atoms in total. The number of H-pyrrole nitrogens is 1. The van der Waals surface area contributed by atoms with Crippen molar-refractivity contribution >= 4 is 0 Å². The lowest BCUT2D eigenvalue weighted by molar-refractivity contribution is 0.331. The van der Waals surface area contributed by atoms with E-state index < -0.39 is 0 Å². The summed E-state index contributed by atoms with van der Waals surface area (Å²) in [5.74, 6) is 0.861. The number of hydrogen-bond acceptors (Lipinski definition) is 2. The minimum atomic E-state index is 0.357. The molecule has 0 aliphatic heterocycles. The summed E-state index contributed by atoms with van der Waals surface area (Å²) in [5.41, 5.74) is 3.42. The van der Waals surface area contributed by atoms with Gasteiger partial charge in [0, 0.05) is 24.1 Å². The van der Waals surface area contributed by atoms with Gasteiger partial charge in [0.15, 0.2) is 0 Å². The third-order valence-corrected chi connectivity index (χ3v) is 4.64. The van der Waals surface area contributed by atoms with Crippen LogP contribution < -0.4 is 5.32 Å². The molecule has 1 aromatic rings. The standard InChI is InChI=1S/C19H31N3/c1-4-19-14-20-13-18(11-10-15(2)22-19)16(3)21-12-17-8-6-5-7-9-17/h10-11,13-14,16-17,20-21H,4-9,12H2,1-3H3. The third kappa shape index (κ3) is 5.45. The average Bonchev–Trinajstić information content (AvgIpc) is 2.64. The zero-order valence-electron chi connectivity index (χ0n) is 14.4. The smallest absolute Gasteiger partial charge is 0.0563 e. The molecule has 0 amide bonds. The molecular weight excluding hydrogens is 270 g/mol. The molecule has 0 spiro atoms. The highest BCUT2D eigenvalue weighted by molar-refractivity contribution is 5.14. The van der Waals surface area contributed by atoms with Crippen molar-refractivity contribution in [3.63, 3.8) is 0 Å². The Labute approximate surface area is 135 Å². The maximum absolute atomic E-state index is 4.60. The predicted molar refractivity (Wildman–Crippen MR) is 93.3 cm³/mol. The number of rotatable bonds is 5. The molecule has 1 aliphatic rings. The quantitative estimate of drug-likeness (QED) is 0.832. The molecule has 1 unspecified atom stereocenters. The van der Waals surface area contributed by atoms with E-state index in [2.05, 4.69) is 54.4 Å². The van der Waals surface area contributed by atoms with E-state index in [1.807, 2.05) is 6.20 Å². The van der Waals surface area contributed by atoms with Crippen LogP contribution in [-0.4, -0.2) is 16.5 Å². The minimum Gasteiger partial charge on any atom is -0.366 e. The molecule has 0 bridgehead atoms. The lowest BCUT2D eigenvalue weighted by atomic mass is 9.89. The van der Waals surface area contributed by atoms with Crippen molar-refractivity contribution in [2.75, 3.05) is 6.54 Å². The van der Waals surface area contributed by atoms with E-state index in [1.165, 1.54) is 37.7 Å². The monoisotopic (exact) mass is 301 g/mol. The van der Waals surface area contributed by atoms with Crippen LogP contribution in [0.2, 0.25) is 0 Å². The summed E-state index contributed by atoms with van der Waals surface area (Å²) >= 11 is 0. The van der Waals surface area contributed by atoms with Crippen LogP contribution >= 0.6 is 0 Å². The van der Waals surface area contributed by atoms with Crippen molar-refractivity contribution in [3.05, 3.63) is 41.5 Å². The number of nitrogens with one attached hydrogen (secondary N) is 2. The molecule has 3 heteroatoms. The first-order chi connectivity index (χ1) is 10.7. The summed E-state index contributed by atoms with van der Waals surface area (Å²) in [7, 11) is 0. The van der Waals surface area contributed by atoms with E-state index in [-0.39, 0.29) is 0 Å². The number of hydrogen-bond donors (Lipinski definition) is 2. The summed E-state index contributed by atoms with van der Waals surface area (Å²) in [4.78, 5) is 7.90. The molecule has 1 atom stereocenters. The summed E-state index contributed by atoms with van der Waals surface area (Å²) in [6.45, 7) is 7.57. The second kappa shape index (κ2) is 8.94. The molecule has 1 heterocycles. The van der Waals surface area contributed by atoms with Gasteiger partial charge in [-0.25, -0.2) is 0 Å². The van der Waals surface area contributed by atoms with E-state index in [9.17, 15) is 0 Å². The van der Waals surface area contributed by atoms with Crippen LogP contribution in [-0.2, 0) is 6.42 Å². The molecule has 1 aromatic heterocycles. The van der Waals surface area contributed by atoms with Gasteiger partial charge in [-0.2, -0.15) is 0 Å². The second-order valence-electron chi connectivity index (χ2n) is 6.52. The summed E-state index contributed by atoms with van der Waals surface area (Å²) in [6, 6.07) is 4.65. The van der Waals surface area contributed by atoms with Crippen LogP contribution in [0.25, 0.3) is 0 Å². The normalized spacial score (nSPS) is 17.0. The van der Waals surface area contributed by atoms with Gasteiger partial charge < -0.3 is 10.3 Å². The summed E-state index contributed by atoms with van der Waals surface area (Å²) in [5, 5.41) is 3.71. The van der Waals surface area contributed by atoms with E-state index >= 15 is 0 Å². The Kier molecular flexibility index (Phi) is 6.91. The second-order valence-corrected chi connectivity index (χ2v) is 6.52. The fourth-order valence-corrected chi connectivity index (χ4v) is 3.10. The minimum absolute atomic E-state index is 0.357. The highest BCUT2D eigenvalue weighted by Crippen LogP contribution is 2.23. The fraction of sp³-hybridized carbons (Fsp3) is 0.632. The molecule has 0 radical (unpaired) electrons. The summed E-state index contributed by atoms with van der Waals surface area (Å²) < 4.78 is 0. The van der Waals surface area contributed by atoms with Gasteiger partial charge in [-0.05, 0) is 57.2 Å². The van der Waals surface area contributed by atoms with Gasteiger partial charge in [-0.15, -0.1) is 0 Å². The largest absolute Gasteiger partial charge is 0.366 e. The molecule has 0 saturated heterocycles. The Bertz CT molecular complexity index is 499. The third-order valence-electron chi connectivity index (χ3n) is 4.64. The Morgan fingerprint density at radius 2 is 2.00 bits per heavy atom. The molecule has 22 heavy (non-hydrogen) atoms. The molecule has 1 aliphatic carbocycles. The van der Waals surface area contributed by atoms with Gasteiger partial charge in [-0.3, -0.25) is 4.98 Å². The van der Waals surface area contributed by atoms with Crippen molar-refractivity contribution in [3.8, 4) is 0 Å². The zero-order chi connectivity index (χ0) is 15.8. The Balaban J connectivity index is 2.04. The molecule has 122 valence electrons. The molecule has 2 rings (SSSR count). The van der Waals surface area contributed by atoms with Gasteiger partial charge in [0.05, 0.1) is 5.69 Å². The Hall–Kier alpha value is -1.35. The number of aromatic nitrogens is 2. The summed E-state index contributed by atoms with van der Waals surface area (Å²) in [6.07, 6.45) is 12.1. The highest BCUT2D eigenvalue weighted by Gasteiger charge is 2.14. The Morgan fingerprint density at radius 3 is 2.73 bits per heavy atom.